The Labute approximate surface area is 150 Å². The van der Waals surface area contributed by atoms with Gasteiger partial charge in [-0.25, -0.2) is 0 Å². The molecule has 0 N–H and O–H groups in total. The lowest BCUT2D eigenvalue weighted by molar-refractivity contribution is -0.127. The van der Waals surface area contributed by atoms with Gasteiger partial charge >= 0.3 is 0 Å². The quantitative estimate of drug-likeness (QED) is 0.816. The van der Waals surface area contributed by atoms with Crippen LogP contribution in [-0.4, -0.2) is 29.9 Å². The molecule has 0 unspecified atom stereocenters. The molecule has 2 aromatic rings. The van der Waals surface area contributed by atoms with Gasteiger partial charge in [0.2, 0.25) is 5.91 Å². The van der Waals surface area contributed by atoms with Gasteiger partial charge in [0.1, 0.15) is 6.67 Å². The van der Waals surface area contributed by atoms with Gasteiger partial charge in [-0.15, -0.1) is 0 Å². The number of benzene rings is 2. The van der Waals surface area contributed by atoms with Gasteiger partial charge in [0.25, 0.3) is 5.91 Å². The normalized spacial score (nSPS) is 14.1. The molecule has 0 aliphatic carbocycles. The third kappa shape index (κ3) is 3.55. The number of para-hydroxylation sites is 1. The monoisotopic (exact) mass is 362 g/mol. The Hall–Kier alpha value is -2.04. The Balaban J connectivity index is 1.94. The van der Waals surface area contributed by atoms with Gasteiger partial charge < -0.3 is 4.90 Å². The van der Waals surface area contributed by atoms with E-state index in [1.54, 1.807) is 28.0 Å². The van der Waals surface area contributed by atoms with Gasteiger partial charge in [-0.2, -0.15) is 0 Å². The summed E-state index contributed by atoms with van der Waals surface area (Å²) in [4.78, 5) is 28.2. The molecule has 0 spiro atoms. The van der Waals surface area contributed by atoms with Gasteiger partial charge in [0.05, 0.1) is 10.6 Å². The van der Waals surface area contributed by atoms with Crippen LogP contribution in [0.25, 0.3) is 0 Å². The Kier molecular flexibility index (Phi) is 5.07. The fourth-order valence-electron chi connectivity index (χ4n) is 2.70. The van der Waals surface area contributed by atoms with Crippen molar-refractivity contribution in [2.45, 2.75) is 12.8 Å². The average molecular weight is 363 g/mol. The van der Waals surface area contributed by atoms with Crippen LogP contribution in [-0.2, 0) is 4.79 Å². The minimum atomic E-state index is -0.262. The van der Waals surface area contributed by atoms with E-state index in [2.05, 4.69) is 0 Å². The average Bonchev–Trinajstić information content (AvgIpc) is 2.98. The molecule has 1 fully saturated rings. The van der Waals surface area contributed by atoms with Crippen LogP contribution in [0.2, 0.25) is 10.0 Å². The zero-order valence-corrected chi connectivity index (χ0v) is 14.4. The highest BCUT2D eigenvalue weighted by Gasteiger charge is 2.27. The maximum atomic E-state index is 13.0. The van der Waals surface area contributed by atoms with E-state index in [0.29, 0.717) is 34.3 Å². The summed E-state index contributed by atoms with van der Waals surface area (Å²) in [6.45, 7) is 0.866. The van der Waals surface area contributed by atoms with Crippen LogP contribution in [0.15, 0.2) is 48.5 Å². The third-order valence-corrected chi connectivity index (χ3v) is 4.51. The van der Waals surface area contributed by atoms with Gasteiger partial charge in [0, 0.05) is 23.7 Å². The number of hydrogen-bond donors (Lipinski definition) is 0. The minimum absolute atomic E-state index is 0.0611. The van der Waals surface area contributed by atoms with Crippen molar-refractivity contribution in [3.63, 3.8) is 0 Å². The number of amides is 2. The van der Waals surface area contributed by atoms with Gasteiger partial charge in [0.15, 0.2) is 0 Å². The molecule has 24 heavy (non-hydrogen) atoms. The molecule has 0 bridgehead atoms. The van der Waals surface area contributed by atoms with E-state index in [4.69, 9.17) is 23.2 Å². The molecule has 0 radical (unpaired) electrons. The van der Waals surface area contributed by atoms with Crippen molar-refractivity contribution in [2.75, 3.05) is 18.1 Å². The lowest BCUT2D eigenvalue weighted by atomic mass is 10.2. The van der Waals surface area contributed by atoms with Crippen LogP contribution in [0.3, 0.4) is 0 Å². The zero-order valence-electron chi connectivity index (χ0n) is 12.9. The molecule has 1 saturated heterocycles. The lowest BCUT2D eigenvalue weighted by Gasteiger charge is -2.28. The molecule has 1 aliphatic rings. The molecule has 0 aromatic heterocycles. The molecule has 1 aliphatic heterocycles. The molecule has 6 heteroatoms. The smallest absolute Gasteiger partial charge is 0.261 e. The molecule has 1 heterocycles. The van der Waals surface area contributed by atoms with Gasteiger partial charge in [-0.05, 0) is 36.8 Å². The third-order valence-electron chi connectivity index (χ3n) is 3.96. The summed E-state index contributed by atoms with van der Waals surface area (Å²) in [6.07, 6.45) is 1.34. The predicted octanol–water partition coefficient (Wildman–Crippen LogP) is 4.22. The van der Waals surface area contributed by atoms with Gasteiger partial charge in [-0.1, -0.05) is 41.4 Å². The molecule has 124 valence electrons. The molecule has 0 atom stereocenters. The van der Waals surface area contributed by atoms with Crippen LogP contribution in [0.1, 0.15) is 23.2 Å². The molecule has 4 nitrogen and oxygen atoms in total. The first-order valence-corrected chi connectivity index (χ1v) is 8.41. The van der Waals surface area contributed by atoms with E-state index < -0.39 is 0 Å². The maximum absolute atomic E-state index is 13.0. The molecular weight excluding hydrogens is 347 g/mol. The van der Waals surface area contributed by atoms with E-state index in [9.17, 15) is 9.59 Å². The van der Waals surface area contributed by atoms with Crippen molar-refractivity contribution in [3.8, 4) is 0 Å². The number of nitrogens with zero attached hydrogens (tertiary/aromatic N) is 2. The number of carbonyl (C=O) groups excluding carboxylic acids is 2. The summed E-state index contributed by atoms with van der Waals surface area (Å²) >= 11 is 12.1. The number of likely N-dealkylation sites (tertiary alicyclic amines) is 1. The summed E-state index contributed by atoms with van der Waals surface area (Å²) in [7, 11) is 0. The molecule has 0 saturated carbocycles. The summed E-state index contributed by atoms with van der Waals surface area (Å²) in [5, 5.41) is 0.763. The Morgan fingerprint density at radius 2 is 1.88 bits per heavy atom. The first-order chi connectivity index (χ1) is 11.6. The first kappa shape index (κ1) is 16.8. The van der Waals surface area contributed by atoms with Gasteiger partial charge in [-0.3, -0.25) is 14.5 Å². The predicted molar refractivity (Wildman–Crippen MR) is 95.5 cm³/mol. The van der Waals surface area contributed by atoms with Crippen molar-refractivity contribution >= 4 is 40.7 Å². The number of hydrogen-bond acceptors (Lipinski definition) is 2. The second-order valence-electron chi connectivity index (χ2n) is 5.60. The highest BCUT2D eigenvalue weighted by molar-refractivity contribution is 6.37. The Morgan fingerprint density at radius 3 is 2.50 bits per heavy atom. The number of carbonyl (C=O) groups is 2. The fraction of sp³-hybridized carbons (Fsp3) is 0.222. The maximum Gasteiger partial charge on any atom is 0.261 e. The van der Waals surface area contributed by atoms with Crippen molar-refractivity contribution in [1.82, 2.24) is 4.90 Å². The SMILES string of the molecule is O=C1CCCN1CN(C(=O)c1ccc(Cl)cc1Cl)c1ccccc1. The lowest BCUT2D eigenvalue weighted by Crippen LogP contribution is -2.42. The fourth-order valence-corrected chi connectivity index (χ4v) is 3.19. The van der Waals surface area contributed by atoms with E-state index in [1.165, 1.54) is 0 Å². The van der Waals surface area contributed by atoms with Crippen LogP contribution in [0.5, 0.6) is 0 Å². The van der Waals surface area contributed by atoms with Crippen LogP contribution in [0, 0.1) is 0 Å². The highest BCUT2D eigenvalue weighted by Crippen LogP contribution is 2.25. The van der Waals surface area contributed by atoms with Crippen molar-refractivity contribution in [1.29, 1.82) is 0 Å². The summed E-state index contributed by atoms with van der Waals surface area (Å²) < 4.78 is 0. The number of halogens is 2. The van der Waals surface area contributed by atoms with Crippen molar-refractivity contribution in [2.24, 2.45) is 0 Å². The summed E-state index contributed by atoms with van der Waals surface area (Å²) in [5.74, 6) is -0.200. The number of rotatable bonds is 4. The molecular formula is C18H16Cl2N2O2. The van der Waals surface area contributed by atoms with Crippen LogP contribution < -0.4 is 4.90 Å². The van der Waals surface area contributed by atoms with E-state index in [-0.39, 0.29) is 18.5 Å². The topological polar surface area (TPSA) is 40.6 Å². The zero-order chi connectivity index (χ0) is 17.1. The van der Waals surface area contributed by atoms with Crippen LogP contribution in [0.4, 0.5) is 5.69 Å². The number of anilines is 1. The largest absolute Gasteiger partial charge is 0.324 e. The first-order valence-electron chi connectivity index (χ1n) is 7.66. The van der Waals surface area contributed by atoms with Crippen molar-refractivity contribution < 1.29 is 9.59 Å². The minimum Gasteiger partial charge on any atom is -0.324 e. The standard InChI is InChI=1S/C18H16Cl2N2O2/c19-13-8-9-15(16(20)11-13)18(24)22(14-5-2-1-3-6-14)12-21-10-4-7-17(21)23/h1-3,5-6,8-9,11H,4,7,10,12H2. The molecule has 2 aromatic carbocycles. The summed E-state index contributed by atoms with van der Waals surface area (Å²) in [6, 6.07) is 14.0. The second kappa shape index (κ2) is 7.24. The van der Waals surface area contributed by atoms with E-state index in [1.807, 2.05) is 30.3 Å². The van der Waals surface area contributed by atoms with E-state index >= 15 is 0 Å². The second-order valence-corrected chi connectivity index (χ2v) is 6.44. The molecule has 3 rings (SSSR count). The van der Waals surface area contributed by atoms with Crippen molar-refractivity contribution in [3.05, 3.63) is 64.1 Å². The summed E-state index contributed by atoms with van der Waals surface area (Å²) in [5.41, 5.74) is 1.07. The van der Waals surface area contributed by atoms with Crippen LogP contribution >= 0.6 is 23.2 Å². The van der Waals surface area contributed by atoms with E-state index in [0.717, 1.165) is 6.42 Å². The molecule has 2 amide bonds. The Bertz CT molecular complexity index is 765. The Morgan fingerprint density at radius 1 is 1.12 bits per heavy atom. The highest BCUT2D eigenvalue weighted by atomic mass is 35.5.